The van der Waals surface area contributed by atoms with Gasteiger partial charge in [0.05, 0.1) is 21.9 Å². The molecule has 4 atom stereocenters. The lowest BCUT2D eigenvalue weighted by Gasteiger charge is -2.31. The minimum absolute atomic E-state index is 0.0174. The lowest BCUT2D eigenvalue weighted by Crippen LogP contribution is -2.42. The minimum Gasteiger partial charge on any atom is -0.392 e. The summed E-state index contributed by atoms with van der Waals surface area (Å²) in [4.78, 5) is -0.0347. The second-order valence-electron chi connectivity index (χ2n) is 2.60. The maximum atomic E-state index is 9.28. The van der Waals surface area contributed by atoms with E-state index in [4.69, 9.17) is 0 Å². The number of hydrogen-bond donors (Lipinski definition) is 2. The van der Waals surface area contributed by atoms with Crippen molar-refractivity contribution in [3.63, 3.8) is 0 Å². The number of hydrogen-bond acceptors (Lipinski definition) is 2. The molecule has 0 saturated heterocycles. The molecule has 0 aromatic heterocycles. The van der Waals surface area contributed by atoms with Gasteiger partial charge in [0.25, 0.3) is 0 Å². The molecule has 2 nitrogen and oxygen atoms in total. The Kier molecular flexibility index (Phi) is 3.16. The number of halogens is 2. The molecule has 1 aliphatic carbocycles. The largest absolute Gasteiger partial charge is 0.392 e. The van der Waals surface area contributed by atoms with Crippen molar-refractivity contribution in [1.82, 2.24) is 0 Å². The van der Waals surface area contributed by atoms with E-state index in [1.54, 1.807) is 0 Å². The molecular formula is C6H10Br2O2. The topological polar surface area (TPSA) is 40.5 Å². The van der Waals surface area contributed by atoms with Gasteiger partial charge < -0.3 is 10.2 Å². The molecule has 1 saturated carbocycles. The van der Waals surface area contributed by atoms with E-state index in [-0.39, 0.29) is 21.9 Å². The molecular weight excluding hydrogens is 264 g/mol. The summed E-state index contributed by atoms with van der Waals surface area (Å²) in [6.07, 6.45) is 0.707. The van der Waals surface area contributed by atoms with Gasteiger partial charge in [0.2, 0.25) is 0 Å². The highest BCUT2D eigenvalue weighted by atomic mass is 79.9. The maximum Gasteiger partial charge on any atom is 0.0678 e. The van der Waals surface area contributed by atoms with E-state index >= 15 is 0 Å². The lowest BCUT2D eigenvalue weighted by molar-refractivity contribution is 0.0682. The molecule has 0 aliphatic heterocycles. The van der Waals surface area contributed by atoms with Crippen LogP contribution in [0.3, 0.4) is 0 Å². The van der Waals surface area contributed by atoms with Crippen LogP contribution in [0.5, 0.6) is 0 Å². The van der Waals surface area contributed by atoms with E-state index in [1.165, 1.54) is 0 Å². The quantitative estimate of drug-likeness (QED) is 0.648. The summed E-state index contributed by atoms with van der Waals surface area (Å²) in [6, 6.07) is 0. The van der Waals surface area contributed by atoms with Gasteiger partial charge in [-0.25, -0.2) is 0 Å². The smallest absolute Gasteiger partial charge is 0.0678 e. The highest BCUT2D eigenvalue weighted by Crippen LogP contribution is 2.30. The van der Waals surface area contributed by atoms with E-state index in [9.17, 15) is 10.2 Å². The van der Waals surface area contributed by atoms with Crippen molar-refractivity contribution in [3.05, 3.63) is 0 Å². The third-order valence-corrected chi connectivity index (χ3v) is 4.87. The zero-order valence-electron chi connectivity index (χ0n) is 5.37. The molecule has 2 unspecified atom stereocenters. The van der Waals surface area contributed by atoms with Crippen molar-refractivity contribution in [1.29, 1.82) is 0 Å². The molecule has 2 N–H and O–H groups in total. The third-order valence-electron chi connectivity index (χ3n) is 1.80. The summed E-state index contributed by atoms with van der Waals surface area (Å²) >= 11 is 6.61. The average molecular weight is 274 g/mol. The van der Waals surface area contributed by atoms with Crippen LogP contribution in [0.4, 0.5) is 0 Å². The maximum absolute atomic E-state index is 9.28. The predicted octanol–water partition coefficient (Wildman–Crippen LogP) is 1.03. The Labute approximate surface area is 76.9 Å². The van der Waals surface area contributed by atoms with Crippen LogP contribution in [0, 0.1) is 0 Å². The van der Waals surface area contributed by atoms with Gasteiger partial charge in [-0.2, -0.15) is 0 Å². The lowest BCUT2D eigenvalue weighted by atomic mass is 9.95. The molecule has 1 rings (SSSR count). The molecule has 0 aromatic rings. The van der Waals surface area contributed by atoms with Crippen LogP contribution in [-0.4, -0.2) is 32.1 Å². The fourth-order valence-electron chi connectivity index (χ4n) is 1.08. The van der Waals surface area contributed by atoms with Gasteiger partial charge in [-0.05, 0) is 12.8 Å². The van der Waals surface area contributed by atoms with E-state index in [2.05, 4.69) is 31.9 Å². The van der Waals surface area contributed by atoms with E-state index < -0.39 is 0 Å². The van der Waals surface area contributed by atoms with E-state index in [0.29, 0.717) is 12.8 Å². The highest BCUT2D eigenvalue weighted by molar-refractivity contribution is 9.12. The molecule has 1 aliphatic rings. The zero-order chi connectivity index (χ0) is 7.72. The molecule has 0 spiro atoms. The summed E-state index contributed by atoms with van der Waals surface area (Å²) in [5.41, 5.74) is 0. The van der Waals surface area contributed by atoms with Gasteiger partial charge in [0.15, 0.2) is 0 Å². The molecule has 0 aromatic carbocycles. The van der Waals surface area contributed by atoms with Crippen LogP contribution in [0.1, 0.15) is 12.8 Å². The fraction of sp³-hybridized carbons (Fsp3) is 1.00. The number of aliphatic hydroxyl groups excluding tert-OH is 2. The Hall–Kier alpha value is 0.880. The number of alkyl halides is 2. The first-order valence-corrected chi connectivity index (χ1v) is 5.10. The van der Waals surface area contributed by atoms with Gasteiger partial charge in [-0.3, -0.25) is 0 Å². The second-order valence-corrected chi connectivity index (χ2v) is 4.72. The predicted molar refractivity (Wildman–Crippen MR) is 46.7 cm³/mol. The molecule has 1 fully saturated rings. The van der Waals surface area contributed by atoms with Crippen LogP contribution in [-0.2, 0) is 0 Å². The first-order chi connectivity index (χ1) is 4.63. The van der Waals surface area contributed by atoms with E-state index in [1.807, 2.05) is 0 Å². The summed E-state index contributed by atoms with van der Waals surface area (Å²) in [7, 11) is 0. The van der Waals surface area contributed by atoms with Crippen molar-refractivity contribution in [2.24, 2.45) is 0 Å². The van der Waals surface area contributed by atoms with Gasteiger partial charge >= 0.3 is 0 Å². The fourth-order valence-corrected chi connectivity index (χ4v) is 2.32. The number of rotatable bonds is 0. The van der Waals surface area contributed by atoms with Crippen LogP contribution in [0.15, 0.2) is 0 Å². The van der Waals surface area contributed by atoms with Gasteiger partial charge in [0.1, 0.15) is 0 Å². The SMILES string of the molecule is O[C@@H]1CC[C@@H](O)C(Br)C1Br. The minimum atomic E-state index is -0.326. The van der Waals surface area contributed by atoms with Crippen LogP contribution >= 0.6 is 31.9 Å². The van der Waals surface area contributed by atoms with Gasteiger partial charge in [0, 0.05) is 0 Å². The van der Waals surface area contributed by atoms with E-state index in [0.717, 1.165) is 0 Å². The third kappa shape index (κ3) is 1.72. The standard InChI is InChI=1S/C6H10Br2O2/c7-5-3(9)1-2-4(10)6(5)8/h3-6,9-10H,1-2H2/t3-,4-,5?,6?/m1/s1. The van der Waals surface area contributed by atoms with Gasteiger partial charge in [-0.1, -0.05) is 31.9 Å². The average Bonchev–Trinajstić information content (AvgIpc) is 1.93. The van der Waals surface area contributed by atoms with Crippen LogP contribution in [0.25, 0.3) is 0 Å². The summed E-state index contributed by atoms with van der Waals surface area (Å²) in [6.45, 7) is 0. The Balaban J connectivity index is 2.52. The monoisotopic (exact) mass is 272 g/mol. The van der Waals surface area contributed by atoms with Crippen molar-refractivity contribution in [3.8, 4) is 0 Å². The summed E-state index contributed by atoms with van der Waals surface area (Å²) < 4.78 is 0. The number of aliphatic hydroxyl groups is 2. The Bertz CT molecular complexity index is 106. The molecule has 10 heavy (non-hydrogen) atoms. The Morgan fingerprint density at radius 3 is 1.50 bits per heavy atom. The van der Waals surface area contributed by atoms with Crippen LogP contribution in [0.2, 0.25) is 0 Å². The van der Waals surface area contributed by atoms with Crippen molar-refractivity contribution >= 4 is 31.9 Å². The summed E-state index contributed by atoms with van der Waals surface area (Å²) in [5, 5.41) is 18.6. The molecule has 0 heterocycles. The van der Waals surface area contributed by atoms with Crippen LogP contribution < -0.4 is 0 Å². The van der Waals surface area contributed by atoms with Crippen molar-refractivity contribution in [2.45, 2.75) is 34.7 Å². The van der Waals surface area contributed by atoms with Crippen molar-refractivity contribution < 1.29 is 10.2 Å². The van der Waals surface area contributed by atoms with Gasteiger partial charge in [-0.15, -0.1) is 0 Å². The highest BCUT2D eigenvalue weighted by Gasteiger charge is 2.34. The second kappa shape index (κ2) is 3.52. The van der Waals surface area contributed by atoms with Crippen molar-refractivity contribution in [2.75, 3.05) is 0 Å². The Morgan fingerprint density at radius 1 is 0.900 bits per heavy atom. The molecule has 4 heteroatoms. The molecule has 0 amide bonds. The summed E-state index contributed by atoms with van der Waals surface area (Å²) in [5.74, 6) is 0. The molecule has 60 valence electrons. The molecule has 0 bridgehead atoms. The molecule has 0 radical (unpaired) electrons. The Morgan fingerprint density at radius 2 is 1.20 bits per heavy atom. The normalized spacial score (nSPS) is 49.2. The first kappa shape index (κ1) is 8.97. The first-order valence-electron chi connectivity index (χ1n) is 3.27. The zero-order valence-corrected chi connectivity index (χ0v) is 8.55.